The van der Waals surface area contributed by atoms with E-state index in [1.165, 1.54) is 24.0 Å². The highest BCUT2D eigenvalue weighted by molar-refractivity contribution is 8.76. The number of nitrogens with one attached hydrogen (secondary N) is 7. The third-order valence-corrected chi connectivity index (χ3v) is 13.3. The molecular weight excluding hydrogens is 951 g/mol. The Kier molecular flexibility index (Phi) is 22.0. The number of benzene rings is 2. The van der Waals surface area contributed by atoms with Gasteiger partial charge in [-0.1, -0.05) is 64.1 Å². The molecule has 0 saturated carbocycles. The summed E-state index contributed by atoms with van der Waals surface area (Å²) >= 11 is 0. The summed E-state index contributed by atoms with van der Waals surface area (Å²) in [5.74, 6) is -8.15. The van der Waals surface area contributed by atoms with Crippen LogP contribution in [-0.4, -0.2) is 148 Å². The fourth-order valence-electron chi connectivity index (χ4n) is 7.36. The van der Waals surface area contributed by atoms with Crippen LogP contribution < -0.4 is 60.2 Å². The lowest BCUT2D eigenvalue weighted by molar-refractivity contribution is -0.142. The van der Waals surface area contributed by atoms with Crippen LogP contribution in [0.4, 0.5) is 0 Å². The van der Waals surface area contributed by atoms with Gasteiger partial charge in [0, 0.05) is 43.9 Å². The van der Waals surface area contributed by atoms with E-state index in [9.17, 15) is 53.1 Å². The van der Waals surface area contributed by atoms with Gasteiger partial charge in [0.25, 0.3) is 0 Å². The lowest BCUT2D eigenvalue weighted by atomic mass is 10.0. The van der Waals surface area contributed by atoms with Crippen molar-refractivity contribution in [3.8, 4) is 5.75 Å². The maximum atomic E-state index is 14.5. The second-order valence-electron chi connectivity index (χ2n) is 16.5. The number of guanidine groups is 1. The number of carbonyl (C=O) groups is 10. The molecule has 10 amide bonds. The zero-order valence-corrected chi connectivity index (χ0v) is 40.1. The molecule has 2 heterocycles. The van der Waals surface area contributed by atoms with Crippen molar-refractivity contribution in [3.05, 3.63) is 65.7 Å². The summed E-state index contributed by atoms with van der Waals surface area (Å²) in [6, 6.07) is 5.49. The van der Waals surface area contributed by atoms with Gasteiger partial charge in [0.05, 0.1) is 13.0 Å². The number of phenols is 1. The molecule has 70 heavy (non-hydrogen) atoms. The second-order valence-corrected chi connectivity index (χ2v) is 19.1. The van der Waals surface area contributed by atoms with Gasteiger partial charge in [-0.2, -0.15) is 0 Å². The van der Waals surface area contributed by atoms with Crippen molar-refractivity contribution in [1.82, 2.24) is 42.1 Å². The predicted octanol–water partition coefficient (Wildman–Crippen LogP) is -3.59. The van der Waals surface area contributed by atoms with Gasteiger partial charge < -0.3 is 70.2 Å². The van der Waals surface area contributed by atoms with E-state index in [1.807, 2.05) is 0 Å². The predicted molar refractivity (Wildman–Crippen MR) is 259 cm³/mol. The van der Waals surface area contributed by atoms with Crippen LogP contribution in [0.3, 0.4) is 0 Å². The molecular formula is C44H61N13O11S2. The number of amides is 10. The Balaban J connectivity index is 1.62. The van der Waals surface area contributed by atoms with E-state index >= 15 is 0 Å². The highest BCUT2D eigenvalue weighted by atomic mass is 33.1. The summed E-state index contributed by atoms with van der Waals surface area (Å²) in [6.07, 6.45) is -0.0985. The highest BCUT2D eigenvalue weighted by Gasteiger charge is 2.40. The number of phenolic OH excluding ortho intramolecular Hbond substituents is 1. The van der Waals surface area contributed by atoms with Crippen LogP contribution in [0.1, 0.15) is 56.6 Å². The van der Waals surface area contributed by atoms with Gasteiger partial charge in [-0.05, 0) is 55.9 Å². The van der Waals surface area contributed by atoms with Gasteiger partial charge in [-0.25, -0.2) is 0 Å². The van der Waals surface area contributed by atoms with Gasteiger partial charge in [-0.15, -0.1) is 0 Å². The summed E-state index contributed by atoms with van der Waals surface area (Å²) in [5.41, 5.74) is 22.7. The summed E-state index contributed by atoms with van der Waals surface area (Å²) in [6.45, 7) is 0.981. The minimum Gasteiger partial charge on any atom is -0.508 e. The lowest BCUT2D eigenvalue weighted by Gasteiger charge is -2.30. The smallest absolute Gasteiger partial charge is 0.246 e. The number of likely N-dealkylation sites (tertiary alicyclic amines) is 1. The quantitative estimate of drug-likeness (QED) is 0.0335. The monoisotopic (exact) mass is 1010 g/mol. The average molecular weight is 1010 g/mol. The molecule has 0 aliphatic carbocycles. The SMILES string of the molecule is C[C@@H]1NC(=O)[C@H](Cc2ccccc2)NC(=O)[C@H](Cc2ccc(O)cc2)NC(=O)CCSSC[C@H](C(=O)N2CCC[C@H]2C(=O)N[C@H](CCCN=C(N)N)C(=O)NCC(N)=O)NC(=O)[C@@H](CC(N)=O)NC1=O. The van der Waals surface area contributed by atoms with E-state index in [4.69, 9.17) is 22.9 Å². The fraction of sp³-hybridized carbons (Fsp3) is 0.477. The molecule has 2 aliphatic rings. The molecule has 2 aliphatic heterocycles. The van der Waals surface area contributed by atoms with Crippen LogP contribution in [-0.2, 0) is 60.8 Å². The molecule has 0 bridgehead atoms. The Labute approximate surface area is 411 Å². The number of nitrogens with zero attached hydrogens (tertiary/aromatic N) is 2. The van der Waals surface area contributed by atoms with Crippen LogP contribution >= 0.6 is 21.6 Å². The number of primary amides is 2. The van der Waals surface area contributed by atoms with Gasteiger partial charge in [0.2, 0.25) is 59.1 Å². The van der Waals surface area contributed by atoms with Crippen molar-refractivity contribution in [2.24, 2.45) is 27.9 Å². The molecule has 0 unspecified atom stereocenters. The molecule has 2 aromatic carbocycles. The second kappa shape index (κ2) is 27.8. The highest BCUT2D eigenvalue weighted by Crippen LogP contribution is 2.26. The number of hydrogen-bond acceptors (Lipinski definition) is 14. The molecule has 0 aromatic heterocycles. The zero-order chi connectivity index (χ0) is 51.3. The Hall–Kier alpha value is -7.09. The molecule has 24 nitrogen and oxygen atoms in total. The fourth-order valence-corrected chi connectivity index (χ4v) is 9.50. The Morgan fingerprint density at radius 3 is 2.07 bits per heavy atom. The van der Waals surface area contributed by atoms with E-state index in [2.05, 4.69) is 42.2 Å². The van der Waals surface area contributed by atoms with E-state index in [-0.39, 0.29) is 74.8 Å². The van der Waals surface area contributed by atoms with E-state index in [0.29, 0.717) is 17.5 Å². The van der Waals surface area contributed by atoms with Gasteiger partial charge in [0.1, 0.15) is 48.0 Å². The van der Waals surface area contributed by atoms with E-state index in [1.54, 1.807) is 42.5 Å². The topological polar surface area (TPSA) is 395 Å². The maximum absolute atomic E-state index is 14.5. The number of aliphatic imine (C=N–C) groups is 1. The maximum Gasteiger partial charge on any atom is 0.246 e. The van der Waals surface area contributed by atoms with Gasteiger partial charge in [-0.3, -0.25) is 52.9 Å². The molecule has 26 heteroatoms. The minimum absolute atomic E-state index is 0.0156. The first kappa shape index (κ1) is 55.5. The van der Waals surface area contributed by atoms with Crippen LogP contribution in [0.25, 0.3) is 0 Å². The van der Waals surface area contributed by atoms with E-state index < -0.39 is 114 Å². The molecule has 2 saturated heterocycles. The minimum atomic E-state index is -1.65. The molecule has 2 fully saturated rings. The van der Waals surface area contributed by atoms with Crippen molar-refractivity contribution in [1.29, 1.82) is 0 Å². The van der Waals surface area contributed by atoms with Crippen molar-refractivity contribution >= 4 is 86.6 Å². The standard InChI is InChI=1S/C44H61N13O11S2/c1-24-37(62)54-31(21-34(45)59)41(66)56-32(43(68)57-17-6-10-33(57)42(67)53-28(9-5-16-49-44(47)48)38(63)50-22-35(46)60)23-70-69-18-15-36(61)52-29(20-26-11-13-27(58)14-12-26)40(65)55-30(39(64)51-24)19-25-7-3-2-4-8-25/h2-4,7-8,11-14,24,28-33,58H,5-6,9-10,15-23H2,1H3,(H2,45,59)(H2,46,60)(H,50,63)(H,51,64)(H,52,61)(H,53,67)(H,54,62)(H,55,65)(H,56,66)(H4,47,48,49)/t24-,28+,29-,30-,31+,32+,33-/m0/s1. The number of aromatic hydroxyl groups is 1. The van der Waals surface area contributed by atoms with Gasteiger partial charge in [0.15, 0.2) is 5.96 Å². The number of hydrogen-bond donors (Lipinski definition) is 12. The third-order valence-electron chi connectivity index (χ3n) is 10.9. The normalized spacial score (nSPS) is 22.4. The number of rotatable bonds is 16. The Bertz CT molecular complexity index is 2240. The largest absolute Gasteiger partial charge is 0.508 e. The average Bonchev–Trinajstić information content (AvgIpc) is 3.81. The van der Waals surface area contributed by atoms with E-state index in [0.717, 1.165) is 21.6 Å². The molecule has 380 valence electrons. The summed E-state index contributed by atoms with van der Waals surface area (Å²) in [7, 11) is 2.25. The summed E-state index contributed by atoms with van der Waals surface area (Å²) in [5, 5.41) is 27.9. The number of carbonyl (C=O) groups excluding carboxylic acids is 10. The first-order valence-corrected chi connectivity index (χ1v) is 24.9. The first-order chi connectivity index (χ1) is 33.3. The van der Waals surface area contributed by atoms with Crippen LogP contribution in [0, 0.1) is 0 Å². The Morgan fingerprint density at radius 1 is 0.786 bits per heavy atom. The molecule has 16 N–H and O–H groups in total. The first-order valence-electron chi connectivity index (χ1n) is 22.4. The Morgan fingerprint density at radius 2 is 1.41 bits per heavy atom. The molecule has 0 radical (unpaired) electrons. The lowest BCUT2D eigenvalue weighted by Crippen LogP contribution is -2.60. The zero-order valence-electron chi connectivity index (χ0n) is 38.5. The molecule has 2 aromatic rings. The van der Waals surface area contributed by atoms with Crippen molar-refractivity contribution in [3.63, 3.8) is 0 Å². The molecule has 0 spiro atoms. The van der Waals surface area contributed by atoms with Crippen molar-refractivity contribution in [2.45, 2.75) is 101 Å². The van der Waals surface area contributed by atoms with Crippen LogP contribution in [0.5, 0.6) is 5.75 Å². The summed E-state index contributed by atoms with van der Waals surface area (Å²) < 4.78 is 0. The third kappa shape index (κ3) is 18.4. The van der Waals surface area contributed by atoms with Crippen molar-refractivity contribution < 1.29 is 53.1 Å². The molecule has 7 atom stereocenters. The molecule has 4 rings (SSSR count). The van der Waals surface area contributed by atoms with Gasteiger partial charge >= 0.3 is 0 Å². The number of nitrogens with two attached hydrogens (primary N) is 4. The van der Waals surface area contributed by atoms with Crippen molar-refractivity contribution in [2.75, 3.05) is 31.1 Å². The summed E-state index contributed by atoms with van der Waals surface area (Å²) in [4.78, 5) is 139. The van der Waals surface area contributed by atoms with Crippen LogP contribution in [0.15, 0.2) is 59.6 Å². The van der Waals surface area contributed by atoms with Crippen LogP contribution in [0.2, 0.25) is 0 Å².